The summed E-state index contributed by atoms with van der Waals surface area (Å²) in [6.07, 6.45) is -0.665. The minimum atomic E-state index is -0.665. The van der Waals surface area contributed by atoms with Crippen LogP contribution < -0.4 is 5.32 Å². The van der Waals surface area contributed by atoms with Crippen LogP contribution >= 0.6 is 27.5 Å². The Labute approximate surface area is 131 Å². The number of halogens is 2. The maximum atomic E-state index is 12.3. The molecular weight excluding hydrogens is 342 g/mol. The van der Waals surface area contributed by atoms with Gasteiger partial charge >= 0.3 is 0 Å². The quantitative estimate of drug-likeness (QED) is 0.882. The Morgan fingerprint density at radius 3 is 2.60 bits per heavy atom. The van der Waals surface area contributed by atoms with E-state index >= 15 is 0 Å². The van der Waals surface area contributed by atoms with Crippen molar-refractivity contribution in [3.05, 3.63) is 63.6 Å². The topological polar surface area (TPSA) is 38.3 Å². The lowest BCUT2D eigenvalue weighted by atomic mass is 10.1. The van der Waals surface area contributed by atoms with Crippen molar-refractivity contribution >= 4 is 39.1 Å². The Balaban J connectivity index is 2.20. The van der Waals surface area contributed by atoms with Crippen LogP contribution in [0.25, 0.3) is 0 Å². The fourth-order valence-corrected chi connectivity index (χ4v) is 2.33. The molecule has 0 heterocycles. The predicted octanol–water partition coefficient (Wildman–Crippen LogP) is 4.43. The molecule has 104 valence electrons. The number of anilines is 1. The van der Waals surface area contributed by atoms with Crippen LogP contribution in [0.1, 0.15) is 11.7 Å². The Morgan fingerprint density at radius 1 is 1.25 bits per heavy atom. The van der Waals surface area contributed by atoms with E-state index in [4.69, 9.17) is 16.3 Å². The summed E-state index contributed by atoms with van der Waals surface area (Å²) >= 11 is 9.30. The zero-order valence-corrected chi connectivity index (χ0v) is 13.1. The maximum Gasteiger partial charge on any atom is 0.258 e. The Kier molecular flexibility index (Phi) is 5.17. The number of methoxy groups -OCH3 is 1. The van der Waals surface area contributed by atoms with E-state index in [9.17, 15) is 4.79 Å². The average molecular weight is 355 g/mol. The molecule has 0 saturated carbocycles. The molecule has 0 fully saturated rings. The van der Waals surface area contributed by atoms with Gasteiger partial charge < -0.3 is 10.1 Å². The van der Waals surface area contributed by atoms with E-state index in [0.717, 1.165) is 10.0 Å². The van der Waals surface area contributed by atoms with Crippen molar-refractivity contribution < 1.29 is 9.53 Å². The summed E-state index contributed by atoms with van der Waals surface area (Å²) in [4.78, 5) is 12.3. The first-order valence-corrected chi connectivity index (χ1v) is 7.12. The van der Waals surface area contributed by atoms with Crippen molar-refractivity contribution in [1.82, 2.24) is 0 Å². The molecule has 2 aromatic carbocycles. The first kappa shape index (κ1) is 15.0. The van der Waals surface area contributed by atoms with Crippen LogP contribution in [0.5, 0.6) is 0 Å². The zero-order valence-electron chi connectivity index (χ0n) is 10.8. The van der Waals surface area contributed by atoms with Gasteiger partial charge in [0.15, 0.2) is 6.10 Å². The summed E-state index contributed by atoms with van der Waals surface area (Å²) in [6.45, 7) is 0. The normalized spacial score (nSPS) is 11.9. The van der Waals surface area contributed by atoms with Gasteiger partial charge in [0.1, 0.15) is 0 Å². The average Bonchev–Trinajstić information content (AvgIpc) is 2.45. The largest absolute Gasteiger partial charge is 0.367 e. The number of ether oxygens (including phenoxy) is 1. The summed E-state index contributed by atoms with van der Waals surface area (Å²) in [5, 5.41) is 3.36. The van der Waals surface area contributed by atoms with Crippen molar-refractivity contribution in [3.63, 3.8) is 0 Å². The molecule has 2 rings (SSSR count). The molecule has 1 amide bonds. The highest BCUT2D eigenvalue weighted by molar-refractivity contribution is 9.10. The molecule has 3 nitrogen and oxygen atoms in total. The van der Waals surface area contributed by atoms with E-state index in [1.807, 2.05) is 30.3 Å². The number of hydrogen-bond donors (Lipinski definition) is 1. The van der Waals surface area contributed by atoms with Crippen LogP contribution in [-0.2, 0) is 9.53 Å². The van der Waals surface area contributed by atoms with Gasteiger partial charge in [-0.3, -0.25) is 4.79 Å². The highest BCUT2D eigenvalue weighted by atomic mass is 79.9. The zero-order chi connectivity index (χ0) is 14.5. The number of carbonyl (C=O) groups is 1. The minimum absolute atomic E-state index is 0.248. The standard InChI is InChI=1S/C15H13BrClNO2/c1-20-14(10-5-3-2-4-6-10)15(19)18-13-9-11(17)7-8-12(13)16/h2-9,14H,1H3,(H,18,19). The SMILES string of the molecule is COC(C(=O)Nc1cc(Cl)ccc1Br)c1ccccc1. The summed E-state index contributed by atoms with van der Waals surface area (Å²) in [5.41, 5.74) is 1.41. The summed E-state index contributed by atoms with van der Waals surface area (Å²) < 4.78 is 6.04. The summed E-state index contributed by atoms with van der Waals surface area (Å²) in [7, 11) is 1.50. The lowest BCUT2D eigenvalue weighted by Crippen LogP contribution is -2.22. The van der Waals surface area contributed by atoms with Crippen molar-refractivity contribution in [1.29, 1.82) is 0 Å². The molecule has 0 saturated heterocycles. The van der Waals surface area contributed by atoms with Crippen molar-refractivity contribution in [2.75, 3.05) is 12.4 Å². The van der Waals surface area contributed by atoms with Crippen LogP contribution in [0.15, 0.2) is 53.0 Å². The van der Waals surface area contributed by atoms with E-state index in [-0.39, 0.29) is 5.91 Å². The molecule has 0 aromatic heterocycles. The maximum absolute atomic E-state index is 12.3. The third-order valence-electron chi connectivity index (χ3n) is 2.76. The molecule has 2 aromatic rings. The van der Waals surface area contributed by atoms with Crippen LogP contribution in [0.3, 0.4) is 0 Å². The Bertz CT molecular complexity index is 604. The van der Waals surface area contributed by atoms with Crippen molar-refractivity contribution in [3.8, 4) is 0 Å². The second kappa shape index (κ2) is 6.88. The smallest absolute Gasteiger partial charge is 0.258 e. The van der Waals surface area contributed by atoms with Gasteiger partial charge in [0, 0.05) is 16.6 Å². The van der Waals surface area contributed by atoms with Crippen molar-refractivity contribution in [2.45, 2.75) is 6.10 Å². The third-order valence-corrected chi connectivity index (χ3v) is 3.69. The fraction of sp³-hybridized carbons (Fsp3) is 0.133. The number of hydrogen-bond acceptors (Lipinski definition) is 2. The monoisotopic (exact) mass is 353 g/mol. The first-order chi connectivity index (χ1) is 9.61. The summed E-state index contributed by atoms with van der Waals surface area (Å²) in [5.74, 6) is -0.248. The van der Waals surface area contributed by atoms with Gasteiger partial charge in [-0.2, -0.15) is 0 Å². The number of benzene rings is 2. The Morgan fingerprint density at radius 2 is 1.95 bits per heavy atom. The van der Waals surface area contributed by atoms with E-state index < -0.39 is 6.10 Å². The third kappa shape index (κ3) is 3.60. The number of nitrogens with one attached hydrogen (secondary N) is 1. The second-order valence-corrected chi connectivity index (χ2v) is 5.43. The number of rotatable bonds is 4. The van der Waals surface area contributed by atoms with E-state index in [1.165, 1.54) is 7.11 Å². The molecule has 0 spiro atoms. The van der Waals surface area contributed by atoms with Crippen LogP contribution in [0.2, 0.25) is 5.02 Å². The molecular formula is C15H13BrClNO2. The molecule has 1 N–H and O–H groups in total. The van der Waals surface area contributed by atoms with Gasteiger partial charge in [0.2, 0.25) is 0 Å². The van der Waals surface area contributed by atoms with E-state index in [0.29, 0.717) is 10.7 Å². The van der Waals surface area contributed by atoms with Crippen LogP contribution in [0, 0.1) is 0 Å². The fourth-order valence-electron chi connectivity index (χ4n) is 1.81. The summed E-state index contributed by atoms with van der Waals surface area (Å²) in [6, 6.07) is 14.5. The molecule has 20 heavy (non-hydrogen) atoms. The molecule has 0 radical (unpaired) electrons. The number of carbonyl (C=O) groups excluding carboxylic acids is 1. The van der Waals surface area contributed by atoms with Gasteiger partial charge in [0.25, 0.3) is 5.91 Å². The molecule has 0 bridgehead atoms. The molecule has 1 atom stereocenters. The van der Waals surface area contributed by atoms with Gasteiger partial charge in [-0.15, -0.1) is 0 Å². The van der Waals surface area contributed by atoms with E-state index in [2.05, 4.69) is 21.2 Å². The minimum Gasteiger partial charge on any atom is -0.367 e. The molecule has 0 aliphatic heterocycles. The molecule has 0 aliphatic rings. The lowest BCUT2D eigenvalue weighted by molar-refractivity contribution is -0.126. The van der Waals surface area contributed by atoms with Crippen molar-refractivity contribution in [2.24, 2.45) is 0 Å². The van der Waals surface area contributed by atoms with Gasteiger partial charge in [-0.25, -0.2) is 0 Å². The van der Waals surface area contributed by atoms with E-state index in [1.54, 1.807) is 18.2 Å². The Hall–Kier alpha value is -1.36. The lowest BCUT2D eigenvalue weighted by Gasteiger charge is -2.16. The van der Waals surface area contributed by atoms with Gasteiger partial charge in [0.05, 0.1) is 5.69 Å². The highest BCUT2D eigenvalue weighted by Gasteiger charge is 2.20. The van der Waals surface area contributed by atoms with Gasteiger partial charge in [-0.05, 0) is 39.7 Å². The predicted molar refractivity (Wildman–Crippen MR) is 84.0 cm³/mol. The number of amides is 1. The second-order valence-electron chi connectivity index (χ2n) is 4.14. The molecule has 0 aliphatic carbocycles. The molecule has 1 unspecified atom stereocenters. The first-order valence-electron chi connectivity index (χ1n) is 5.95. The van der Waals surface area contributed by atoms with Gasteiger partial charge in [-0.1, -0.05) is 41.9 Å². The molecule has 5 heteroatoms. The van der Waals surface area contributed by atoms with Crippen LogP contribution in [0.4, 0.5) is 5.69 Å². The van der Waals surface area contributed by atoms with Crippen LogP contribution in [-0.4, -0.2) is 13.0 Å². The highest BCUT2D eigenvalue weighted by Crippen LogP contribution is 2.27.